The second kappa shape index (κ2) is 13.4. The van der Waals surface area contributed by atoms with Gasteiger partial charge in [-0.25, -0.2) is 29.1 Å². The van der Waals surface area contributed by atoms with Crippen molar-refractivity contribution in [3.05, 3.63) is 78.0 Å². The SMILES string of the molecule is CC(C)(C)OC(=O)N1CCC[C@H](Nc2nccc(-c3nccnc3Oc3ccc(NSc4ccccc4Cl)cc3F)n2)C1. The highest BCUT2D eigenvalue weighted by Gasteiger charge is 2.28. The van der Waals surface area contributed by atoms with E-state index in [1.54, 1.807) is 29.3 Å². The van der Waals surface area contributed by atoms with E-state index in [0.29, 0.717) is 41.1 Å². The summed E-state index contributed by atoms with van der Waals surface area (Å²) in [6, 6.07) is 13.5. The lowest BCUT2D eigenvalue weighted by Gasteiger charge is -2.34. The lowest BCUT2D eigenvalue weighted by atomic mass is 10.1. The van der Waals surface area contributed by atoms with Crippen molar-refractivity contribution in [2.24, 2.45) is 0 Å². The highest BCUT2D eigenvalue weighted by atomic mass is 35.5. The molecule has 4 aromatic rings. The molecule has 1 aliphatic rings. The summed E-state index contributed by atoms with van der Waals surface area (Å²) in [6.07, 6.45) is 5.87. The third-order valence-electron chi connectivity index (χ3n) is 6.22. The van der Waals surface area contributed by atoms with Gasteiger partial charge in [0.1, 0.15) is 5.60 Å². The molecule has 0 aliphatic carbocycles. The first-order chi connectivity index (χ1) is 20.6. The molecule has 1 saturated heterocycles. The number of carbonyl (C=O) groups is 1. The van der Waals surface area contributed by atoms with E-state index in [1.807, 2.05) is 39.0 Å². The molecule has 2 N–H and O–H groups in total. The Hall–Kier alpha value is -4.16. The molecular formula is C30H31ClFN7O3S. The van der Waals surface area contributed by atoms with Crippen LogP contribution in [-0.2, 0) is 4.74 Å². The van der Waals surface area contributed by atoms with Crippen LogP contribution >= 0.6 is 23.5 Å². The molecule has 0 spiro atoms. The molecule has 2 aromatic heterocycles. The predicted molar refractivity (Wildman–Crippen MR) is 165 cm³/mol. The number of likely N-dealkylation sites (tertiary alicyclic amines) is 1. The van der Waals surface area contributed by atoms with Crippen LogP contribution in [0.3, 0.4) is 0 Å². The molecule has 13 heteroatoms. The number of benzene rings is 2. The second-order valence-electron chi connectivity index (χ2n) is 10.8. The van der Waals surface area contributed by atoms with E-state index >= 15 is 4.39 Å². The number of piperidine rings is 1. The fourth-order valence-corrected chi connectivity index (χ4v) is 5.22. The quantitative estimate of drug-likeness (QED) is 0.192. The number of ether oxygens (including phenoxy) is 2. The molecule has 224 valence electrons. The zero-order valence-electron chi connectivity index (χ0n) is 23.9. The number of anilines is 2. The fraction of sp³-hybridized carbons (Fsp3) is 0.300. The standard InChI is InChI=1S/C30H31ClFN7O3S/c1-30(2,3)42-29(40)39-16-6-7-20(18-39)36-28-35-13-12-23(37-28)26-27(34-15-14-33-26)41-24-11-10-19(17-22(24)32)38-43-25-9-5-4-8-21(25)31/h4-5,8-15,17,20,38H,6-7,16,18H2,1-3H3,(H,35,36,37)/t20-/m0/s1. The third kappa shape index (κ3) is 8.23. The average molecular weight is 624 g/mol. The van der Waals surface area contributed by atoms with Crippen molar-refractivity contribution in [3.63, 3.8) is 0 Å². The molecule has 1 atom stereocenters. The number of aromatic nitrogens is 4. The van der Waals surface area contributed by atoms with Gasteiger partial charge in [0.15, 0.2) is 17.3 Å². The first kappa shape index (κ1) is 30.3. The summed E-state index contributed by atoms with van der Waals surface area (Å²) in [5.41, 5.74) is 0.732. The van der Waals surface area contributed by atoms with Gasteiger partial charge in [0.25, 0.3) is 0 Å². The minimum absolute atomic E-state index is 0.0214. The van der Waals surface area contributed by atoms with Gasteiger partial charge in [-0.2, -0.15) is 0 Å². The Bertz CT molecular complexity index is 1590. The van der Waals surface area contributed by atoms with Crippen LogP contribution in [0.25, 0.3) is 11.4 Å². The maximum Gasteiger partial charge on any atom is 0.410 e. The molecule has 1 fully saturated rings. The van der Waals surface area contributed by atoms with E-state index < -0.39 is 11.4 Å². The number of nitrogens with one attached hydrogen (secondary N) is 2. The molecule has 2 aromatic carbocycles. The number of hydrogen-bond donors (Lipinski definition) is 2. The van der Waals surface area contributed by atoms with Crippen molar-refractivity contribution in [3.8, 4) is 23.0 Å². The molecule has 1 amide bonds. The molecule has 3 heterocycles. The summed E-state index contributed by atoms with van der Waals surface area (Å²) < 4.78 is 29.5. The van der Waals surface area contributed by atoms with Crippen LogP contribution in [0.4, 0.5) is 20.8 Å². The van der Waals surface area contributed by atoms with Gasteiger partial charge in [-0.1, -0.05) is 23.7 Å². The van der Waals surface area contributed by atoms with Gasteiger partial charge in [0.2, 0.25) is 11.8 Å². The molecule has 0 radical (unpaired) electrons. The van der Waals surface area contributed by atoms with Gasteiger partial charge < -0.3 is 24.4 Å². The van der Waals surface area contributed by atoms with Crippen molar-refractivity contribution < 1.29 is 18.7 Å². The smallest absolute Gasteiger partial charge is 0.410 e. The molecule has 0 bridgehead atoms. The molecular weight excluding hydrogens is 593 g/mol. The van der Waals surface area contributed by atoms with Crippen molar-refractivity contribution in [1.29, 1.82) is 0 Å². The van der Waals surface area contributed by atoms with E-state index in [1.165, 1.54) is 36.5 Å². The van der Waals surface area contributed by atoms with Gasteiger partial charge >= 0.3 is 6.09 Å². The van der Waals surface area contributed by atoms with Gasteiger partial charge in [0.05, 0.1) is 10.7 Å². The van der Waals surface area contributed by atoms with Crippen LogP contribution in [0.15, 0.2) is 72.0 Å². The number of halogens is 2. The van der Waals surface area contributed by atoms with Gasteiger partial charge in [0, 0.05) is 54.4 Å². The van der Waals surface area contributed by atoms with Crippen molar-refractivity contribution in [2.75, 3.05) is 23.1 Å². The number of carbonyl (C=O) groups excluding carboxylic acids is 1. The maximum absolute atomic E-state index is 15.1. The van der Waals surface area contributed by atoms with E-state index in [0.717, 1.165) is 17.7 Å². The first-order valence-electron chi connectivity index (χ1n) is 13.7. The summed E-state index contributed by atoms with van der Waals surface area (Å²) in [5.74, 6) is -0.154. The first-order valence-corrected chi connectivity index (χ1v) is 14.9. The third-order valence-corrected chi connectivity index (χ3v) is 7.58. The number of amides is 1. The fourth-order valence-electron chi connectivity index (χ4n) is 4.30. The van der Waals surface area contributed by atoms with Crippen molar-refractivity contribution in [2.45, 2.75) is 50.2 Å². The summed E-state index contributed by atoms with van der Waals surface area (Å²) in [4.78, 5) is 32.7. The Balaban J connectivity index is 1.26. The number of hydrogen-bond acceptors (Lipinski definition) is 10. The minimum atomic E-state index is -0.585. The molecule has 10 nitrogen and oxygen atoms in total. The molecule has 0 unspecified atom stereocenters. The van der Waals surface area contributed by atoms with Crippen LogP contribution in [0, 0.1) is 5.82 Å². The molecule has 0 saturated carbocycles. The Morgan fingerprint density at radius 1 is 1.09 bits per heavy atom. The highest BCUT2D eigenvalue weighted by Crippen LogP contribution is 2.33. The zero-order valence-corrected chi connectivity index (χ0v) is 25.5. The lowest BCUT2D eigenvalue weighted by Crippen LogP contribution is -2.47. The van der Waals surface area contributed by atoms with Crippen LogP contribution in [0.2, 0.25) is 5.02 Å². The number of nitrogens with zero attached hydrogens (tertiary/aromatic N) is 5. The minimum Gasteiger partial charge on any atom is -0.444 e. The molecule has 1 aliphatic heterocycles. The Kier molecular flexibility index (Phi) is 9.46. The summed E-state index contributed by atoms with van der Waals surface area (Å²) >= 11 is 7.48. The Labute approximate surface area is 258 Å². The average Bonchev–Trinajstić information content (AvgIpc) is 2.98. The van der Waals surface area contributed by atoms with Crippen LogP contribution in [-0.4, -0.2) is 55.7 Å². The van der Waals surface area contributed by atoms with E-state index in [9.17, 15) is 4.79 Å². The van der Waals surface area contributed by atoms with Crippen LogP contribution in [0.1, 0.15) is 33.6 Å². The van der Waals surface area contributed by atoms with Crippen LogP contribution < -0.4 is 14.8 Å². The molecule has 43 heavy (non-hydrogen) atoms. The second-order valence-corrected chi connectivity index (χ2v) is 12.0. The Morgan fingerprint density at radius 2 is 1.91 bits per heavy atom. The predicted octanol–water partition coefficient (Wildman–Crippen LogP) is 7.45. The van der Waals surface area contributed by atoms with Crippen molar-refractivity contribution >= 4 is 41.3 Å². The normalized spacial score (nSPS) is 15.1. The monoisotopic (exact) mass is 623 g/mol. The zero-order chi connectivity index (χ0) is 30.4. The van der Waals surface area contributed by atoms with Gasteiger partial charge in [-0.3, -0.25) is 0 Å². The van der Waals surface area contributed by atoms with E-state index in [2.05, 4.69) is 30.0 Å². The maximum atomic E-state index is 15.1. The lowest BCUT2D eigenvalue weighted by molar-refractivity contribution is 0.0206. The summed E-state index contributed by atoms with van der Waals surface area (Å²) in [6.45, 7) is 6.62. The number of rotatable bonds is 8. The van der Waals surface area contributed by atoms with E-state index in [4.69, 9.17) is 21.1 Å². The molecule has 5 rings (SSSR count). The summed E-state index contributed by atoms with van der Waals surface area (Å²) in [5, 5.41) is 3.91. The largest absolute Gasteiger partial charge is 0.444 e. The Morgan fingerprint density at radius 3 is 2.70 bits per heavy atom. The topological polar surface area (TPSA) is 114 Å². The van der Waals surface area contributed by atoms with Crippen molar-refractivity contribution in [1.82, 2.24) is 24.8 Å². The van der Waals surface area contributed by atoms with Crippen LogP contribution in [0.5, 0.6) is 11.6 Å². The van der Waals surface area contributed by atoms with E-state index in [-0.39, 0.29) is 23.8 Å². The highest BCUT2D eigenvalue weighted by molar-refractivity contribution is 8.00. The van der Waals surface area contributed by atoms with Gasteiger partial charge in [-0.05, 0) is 75.9 Å². The van der Waals surface area contributed by atoms with Gasteiger partial charge in [-0.15, -0.1) is 0 Å². The summed E-state index contributed by atoms with van der Waals surface area (Å²) in [7, 11) is 0.